The minimum absolute atomic E-state index is 0.357. The van der Waals surface area contributed by atoms with Crippen molar-refractivity contribution in [2.75, 3.05) is 5.73 Å². The fourth-order valence-electron chi connectivity index (χ4n) is 1.46. The Morgan fingerprint density at radius 2 is 2.22 bits per heavy atom. The van der Waals surface area contributed by atoms with Crippen molar-refractivity contribution >= 4 is 17.4 Å². The number of nitrogen functional groups attached to an aromatic ring is 1. The Bertz CT molecular complexity index is 607. The third kappa shape index (κ3) is 2.79. The summed E-state index contributed by atoms with van der Waals surface area (Å²) in [5, 5.41) is 8.93. The van der Waals surface area contributed by atoms with E-state index in [9.17, 15) is 4.39 Å². The van der Waals surface area contributed by atoms with Gasteiger partial charge in [-0.3, -0.25) is 4.98 Å². The van der Waals surface area contributed by atoms with E-state index in [0.29, 0.717) is 17.0 Å². The second-order valence-electron chi connectivity index (χ2n) is 3.62. The number of aromatic nitrogens is 1. The standard InChI is InChI=1S/C13H10FN3S/c14-11-2-1-9(10(5-11)6-15)8-18-13-3-4-17-7-12(13)16/h1-5,7H,8,16H2. The Hall–Kier alpha value is -2.06. The number of benzene rings is 1. The minimum atomic E-state index is -0.399. The molecule has 0 aliphatic carbocycles. The van der Waals surface area contributed by atoms with Gasteiger partial charge >= 0.3 is 0 Å². The molecule has 1 aromatic carbocycles. The maximum Gasteiger partial charge on any atom is 0.124 e. The number of nitrogens with zero attached hydrogens (tertiary/aromatic N) is 2. The zero-order valence-electron chi connectivity index (χ0n) is 9.43. The molecule has 0 saturated carbocycles. The molecule has 0 bridgehead atoms. The molecule has 2 N–H and O–H groups in total. The lowest BCUT2D eigenvalue weighted by molar-refractivity contribution is 0.627. The molecule has 0 amide bonds. The summed E-state index contributed by atoms with van der Waals surface area (Å²) < 4.78 is 13.0. The Balaban J connectivity index is 2.16. The lowest BCUT2D eigenvalue weighted by atomic mass is 10.1. The molecule has 0 fully saturated rings. The molecule has 2 aromatic rings. The number of hydrogen-bond donors (Lipinski definition) is 1. The number of thioether (sulfide) groups is 1. The predicted octanol–water partition coefficient (Wildman–Crippen LogP) is 2.97. The predicted molar refractivity (Wildman–Crippen MR) is 69.3 cm³/mol. The van der Waals surface area contributed by atoms with Gasteiger partial charge in [0.1, 0.15) is 5.82 Å². The molecule has 2 rings (SSSR count). The quantitative estimate of drug-likeness (QED) is 0.861. The van der Waals surface area contributed by atoms with Crippen LogP contribution in [-0.4, -0.2) is 4.98 Å². The Labute approximate surface area is 108 Å². The summed E-state index contributed by atoms with van der Waals surface area (Å²) in [6.45, 7) is 0. The first kappa shape index (κ1) is 12.4. The minimum Gasteiger partial charge on any atom is -0.397 e. The highest BCUT2D eigenvalue weighted by Crippen LogP contribution is 2.28. The van der Waals surface area contributed by atoms with Crippen molar-refractivity contribution in [1.29, 1.82) is 5.26 Å². The van der Waals surface area contributed by atoms with Crippen LogP contribution in [0.1, 0.15) is 11.1 Å². The van der Waals surface area contributed by atoms with E-state index < -0.39 is 5.82 Å². The Kier molecular flexibility index (Phi) is 3.80. The van der Waals surface area contributed by atoms with Crippen molar-refractivity contribution in [1.82, 2.24) is 4.98 Å². The van der Waals surface area contributed by atoms with E-state index in [4.69, 9.17) is 11.0 Å². The Morgan fingerprint density at radius 3 is 2.94 bits per heavy atom. The smallest absolute Gasteiger partial charge is 0.124 e. The van der Waals surface area contributed by atoms with Crippen LogP contribution in [0.2, 0.25) is 0 Å². The number of hydrogen-bond acceptors (Lipinski definition) is 4. The van der Waals surface area contributed by atoms with Gasteiger partial charge in [0.2, 0.25) is 0 Å². The van der Waals surface area contributed by atoms with E-state index in [2.05, 4.69) is 4.98 Å². The molecule has 0 spiro atoms. The van der Waals surface area contributed by atoms with Gasteiger partial charge in [-0.05, 0) is 23.8 Å². The van der Waals surface area contributed by atoms with Crippen LogP contribution in [0.25, 0.3) is 0 Å². The molecule has 0 aliphatic heterocycles. The monoisotopic (exact) mass is 259 g/mol. The topological polar surface area (TPSA) is 62.7 Å². The van der Waals surface area contributed by atoms with Gasteiger partial charge in [-0.1, -0.05) is 6.07 Å². The van der Waals surface area contributed by atoms with Gasteiger partial charge in [-0.15, -0.1) is 11.8 Å². The zero-order valence-corrected chi connectivity index (χ0v) is 10.2. The van der Waals surface area contributed by atoms with Crippen molar-refractivity contribution in [2.24, 2.45) is 0 Å². The van der Waals surface area contributed by atoms with Crippen LogP contribution in [0, 0.1) is 17.1 Å². The lowest BCUT2D eigenvalue weighted by Crippen LogP contribution is -1.92. The van der Waals surface area contributed by atoms with E-state index in [1.165, 1.54) is 23.9 Å². The molecule has 90 valence electrons. The highest BCUT2D eigenvalue weighted by Gasteiger charge is 2.06. The number of anilines is 1. The summed E-state index contributed by atoms with van der Waals surface area (Å²) in [7, 11) is 0. The van der Waals surface area contributed by atoms with E-state index in [-0.39, 0.29) is 0 Å². The molecule has 0 unspecified atom stereocenters. The molecular weight excluding hydrogens is 249 g/mol. The fourth-order valence-corrected chi connectivity index (χ4v) is 2.40. The summed E-state index contributed by atoms with van der Waals surface area (Å²) in [5.41, 5.74) is 7.52. The van der Waals surface area contributed by atoms with E-state index in [1.807, 2.05) is 12.1 Å². The van der Waals surface area contributed by atoms with Gasteiger partial charge in [-0.2, -0.15) is 5.26 Å². The largest absolute Gasteiger partial charge is 0.397 e. The molecule has 0 atom stereocenters. The van der Waals surface area contributed by atoms with Gasteiger partial charge in [0.05, 0.1) is 23.5 Å². The van der Waals surface area contributed by atoms with Crippen molar-refractivity contribution in [3.63, 3.8) is 0 Å². The fraction of sp³-hybridized carbons (Fsp3) is 0.0769. The maximum absolute atomic E-state index is 13.0. The first-order valence-electron chi connectivity index (χ1n) is 5.21. The van der Waals surface area contributed by atoms with Gasteiger partial charge in [0.15, 0.2) is 0 Å². The van der Waals surface area contributed by atoms with E-state index >= 15 is 0 Å². The molecule has 0 radical (unpaired) electrons. The van der Waals surface area contributed by atoms with E-state index in [0.717, 1.165) is 10.5 Å². The van der Waals surface area contributed by atoms with Gasteiger partial charge in [-0.25, -0.2) is 4.39 Å². The summed E-state index contributed by atoms with van der Waals surface area (Å²) in [4.78, 5) is 4.81. The highest BCUT2D eigenvalue weighted by molar-refractivity contribution is 7.98. The van der Waals surface area contributed by atoms with E-state index in [1.54, 1.807) is 18.5 Å². The van der Waals surface area contributed by atoms with Crippen LogP contribution < -0.4 is 5.73 Å². The number of pyridine rings is 1. The average Bonchev–Trinajstić information content (AvgIpc) is 2.39. The zero-order chi connectivity index (χ0) is 13.0. The van der Waals surface area contributed by atoms with Crippen LogP contribution in [0.15, 0.2) is 41.6 Å². The third-order valence-corrected chi connectivity index (χ3v) is 3.52. The molecule has 5 heteroatoms. The van der Waals surface area contributed by atoms with Crippen LogP contribution in [0.5, 0.6) is 0 Å². The van der Waals surface area contributed by atoms with Crippen LogP contribution in [-0.2, 0) is 5.75 Å². The first-order chi connectivity index (χ1) is 8.70. The Morgan fingerprint density at radius 1 is 1.39 bits per heavy atom. The molecule has 3 nitrogen and oxygen atoms in total. The molecule has 0 saturated heterocycles. The van der Waals surface area contributed by atoms with Crippen molar-refractivity contribution in [3.8, 4) is 6.07 Å². The maximum atomic E-state index is 13.0. The molecule has 1 aromatic heterocycles. The lowest BCUT2D eigenvalue weighted by Gasteiger charge is -2.06. The number of halogens is 1. The second-order valence-corrected chi connectivity index (χ2v) is 4.63. The van der Waals surface area contributed by atoms with Gasteiger partial charge < -0.3 is 5.73 Å². The third-order valence-electron chi connectivity index (χ3n) is 2.39. The number of rotatable bonds is 3. The SMILES string of the molecule is N#Cc1cc(F)ccc1CSc1ccncc1N. The average molecular weight is 259 g/mol. The van der Waals surface area contributed by atoms with Crippen molar-refractivity contribution in [2.45, 2.75) is 10.6 Å². The van der Waals surface area contributed by atoms with Crippen LogP contribution in [0.4, 0.5) is 10.1 Å². The molecule has 1 heterocycles. The molecule has 0 aliphatic rings. The molecule has 18 heavy (non-hydrogen) atoms. The first-order valence-corrected chi connectivity index (χ1v) is 6.20. The van der Waals surface area contributed by atoms with Crippen LogP contribution in [0.3, 0.4) is 0 Å². The number of nitrogens with two attached hydrogens (primary N) is 1. The van der Waals surface area contributed by atoms with Crippen molar-refractivity contribution in [3.05, 3.63) is 53.6 Å². The summed E-state index contributed by atoms with van der Waals surface area (Å²) in [6, 6.07) is 8.02. The second kappa shape index (κ2) is 5.52. The summed E-state index contributed by atoms with van der Waals surface area (Å²) in [5.74, 6) is 0.168. The van der Waals surface area contributed by atoms with Gasteiger partial charge in [0.25, 0.3) is 0 Å². The molecular formula is C13H10FN3S. The van der Waals surface area contributed by atoms with Gasteiger partial charge in [0, 0.05) is 16.8 Å². The normalized spacial score (nSPS) is 10.0. The summed E-state index contributed by atoms with van der Waals surface area (Å²) >= 11 is 1.50. The highest BCUT2D eigenvalue weighted by atomic mass is 32.2. The number of nitriles is 1. The van der Waals surface area contributed by atoms with Crippen LogP contribution >= 0.6 is 11.8 Å². The summed E-state index contributed by atoms with van der Waals surface area (Å²) in [6.07, 6.45) is 3.24. The van der Waals surface area contributed by atoms with Crippen molar-refractivity contribution < 1.29 is 4.39 Å².